The standard InChI is InChI=1S/C21H26N6/c1-5-27(6-2)18-12-10-17(11-13-18)23-20-14-22-26-21(25-20)24-19-9-7-8-15(3)16(19)4/h7-14H,5-6H2,1-4H3,(H2,23,24,25,26). The second-order valence-corrected chi connectivity index (χ2v) is 6.38. The summed E-state index contributed by atoms with van der Waals surface area (Å²) in [5.41, 5.74) is 5.55. The van der Waals surface area contributed by atoms with Gasteiger partial charge in [-0.2, -0.15) is 10.1 Å². The highest BCUT2D eigenvalue weighted by Gasteiger charge is 2.06. The van der Waals surface area contributed by atoms with Crippen molar-refractivity contribution in [3.05, 3.63) is 59.8 Å². The molecular weight excluding hydrogens is 336 g/mol. The molecule has 3 rings (SSSR count). The molecule has 0 saturated carbocycles. The summed E-state index contributed by atoms with van der Waals surface area (Å²) in [4.78, 5) is 6.83. The molecule has 6 nitrogen and oxygen atoms in total. The van der Waals surface area contributed by atoms with Gasteiger partial charge in [0.2, 0.25) is 5.95 Å². The largest absolute Gasteiger partial charge is 0.372 e. The Kier molecular flexibility index (Phi) is 5.86. The number of nitrogens with one attached hydrogen (secondary N) is 2. The van der Waals surface area contributed by atoms with Crippen LogP contribution in [0.4, 0.5) is 28.8 Å². The minimum Gasteiger partial charge on any atom is -0.372 e. The predicted molar refractivity (Wildman–Crippen MR) is 112 cm³/mol. The summed E-state index contributed by atoms with van der Waals surface area (Å²) >= 11 is 0. The third-order valence-electron chi connectivity index (χ3n) is 4.68. The van der Waals surface area contributed by atoms with E-state index in [2.05, 4.69) is 76.6 Å². The molecule has 27 heavy (non-hydrogen) atoms. The molecule has 0 fully saturated rings. The van der Waals surface area contributed by atoms with Crippen LogP contribution in [0.3, 0.4) is 0 Å². The number of rotatable bonds is 7. The smallest absolute Gasteiger partial charge is 0.249 e. The zero-order valence-electron chi connectivity index (χ0n) is 16.3. The first-order valence-corrected chi connectivity index (χ1v) is 9.25. The summed E-state index contributed by atoms with van der Waals surface area (Å²) < 4.78 is 0. The second-order valence-electron chi connectivity index (χ2n) is 6.38. The zero-order chi connectivity index (χ0) is 19.2. The van der Waals surface area contributed by atoms with Gasteiger partial charge in [-0.15, -0.1) is 5.10 Å². The molecule has 0 spiro atoms. The van der Waals surface area contributed by atoms with Crippen LogP contribution in [0.15, 0.2) is 48.7 Å². The molecule has 0 saturated heterocycles. The maximum absolute atomic E-state index is 4.52. The number of hydrogen-bond donors (Lipinski definition) is 2. The summed E-state index contributed by atoms with van der Waals surface area (Å²) in [6, 6.07) is 14.4. The molecule has 0 radical (unpaired) electrons. The second kappa shape index (κ2) is 8.49. The van der Waals surface area contributed by atoms with Gasteiger partial charge >= 0.3 is 0 Å². The van der Waals surface area contributed by atoms with Gasteiger partial charge in [0.25, 0.3) is 0 Å². The average Bonchev–Trinajstić information content (AvgIpc) is 2.68. The van der Waals surface area contributed by atoms with Crippen molar-refractivity contribution in [3.8, 4) is 0 Å². The van der Waals surface area contributed by atoms with E-state index in [9.17, 15) is 0 Å². The molecule has 3 aromatic rings. The van der Waals surface area contributed by atoms with Crippen LogP contribution in [-0.2, 0) is 0 Å². The highest BCUT2D eigenvalue weighted by molar-refractivity contribution is 5.63. The van der Waals surface area contributed by atoms with E-state index >= 15 is 0 Å². The Labute approximate surface area is 160 Å². The summed E-state index contributed by atoms with van der Waals surface area (Å²) in [7, 11) is 0. The number of anilines is 5. The Morgan fingerprint density at radius 1 is 0.926 bits per heavy atom. The van der Waals surface area contributed by atoms with E-state index < -0.39 is 0 Å². The number of benzene rings is 2. The highest BCUT2D eigenvalue weighted by Crippen LogP contribution is 2.23. The number of hydrogen-bond acceptors (Lipinski definition) is 6. The van der Waals surface area contributed by atoms with Crippen molar-refractivity contribution in [1.82, 2.24) is 15.2 Å². The monoisotopic (exact) mass is 362 g/mol. The Balaban J connectivity index is 1.73. The lowest BCUT2D eigenvalue weighted by Gasteiger charge is -2.21. The summed E-state index contributed by atoms with van der Waals surface area (Å²) in [5, 5.41) is 14.7. The minimum absolute atomic E-state index is 0.466. The average molecular weight is 362 g/mol. The topological polar surface area (TPSA) is 66.0 Å². The maximum atomic E-state index is 4.52. The van der Waals surface area contributed by atoms with E-state index in [1.165, 1.54) is 16.8 Å². The third-order valence-corrected chi connectivity index (χ3v) is 4.68. The van der Waals surface area contributed by atoms with Gasteiger partial charge < -0.3 is 15.5 Å². The van der Waals surface area contributed by atoms with Crippen molar-refractivity contribution in [2.45, 2.75) is 27.7 Å². The molecule has 0 amide bonds. The summed E-state index contributed by atoms with van der Waals surface area (Å²) in [5.74, 6) is 1.11. The van der Waals surface area contributed by atoms with E-state index in [0.717, 1.165) is 24.5 Å². The minimum atomic E-state index is 0.466. The van der Waals surface area contributed by atoms with Gasteiger partial charge in [0.1, 0.15) is 0 Å². The molecule has 2 aromatic carbocycles. The van der Waals surface area contributed by atoms with E-state index in [1.54, 1.807) is 6.20 Å². The van der Waals surface area contributed by atoms with Gasteiger partial charge in [0, 0.05) is 30.2 Å². The van der Waals surface area contributed by atoms with Crippen molar-refractivity contribution < 1.29 is 0 Å². The predicted octanol–water partition coefficient (Wildman–Crippen LogP) is 4.82. The fourth-order valence-corrected chi connectivity index (χ4v) is 2.92. The molecule has 6 heteroatoms. The molecule has 0 aliphatic carbocycles. The van der Waals surface area contributed by atoms with Crippen LogP contribution in [-0.4, -0.2) is 28.3 Å². The van der Waals surface area contributed by atoms with Gasteiger partial charge in [-0.1, -0.05) is 12.1 Å². The van der Waals surface area contributed by atoms with Crippen LogP contribution >= 0.6 is 0 Å². The van der Waals surface area contributed by atoms with E-state index in [0.29, 0.717) is 11.8 Å². The first-order valence-electron chi connectivity index (χ1n) is 9.25. The number of nitrogens with zero attached hydrogens (tertiary/aromatic N) is 4. The Bertz CT molecular complexity index is 887. The van der Waals surface area contributed by atoms with Crippen molar-refractivity contribution in [2.75, 3.05) is 28.6 Å². The van der Waals surface area contributed by atoms with Crippen LogP contribution < -0.4 is 15.5 Å². The lowest BCUT2D eigenvalue weighted by Crippen LogP contribution is -2.21. The Hall–Kier alpha value is -3.15. The van der Waals surface area contributed by atoms with Gasteiger partial charge in [0.05, 0.1) is 6.20 Å². The van der Waals surface area contributed by atoms with Gasteiger partial charge in [-0.05, 0) is 69.2 Å². The van der Waals surface area contributed by atoms with E-state index in [1.807, 2.05) is 24.3 Å². The first kappa shape index (κ1) is 18.6. The van der Waals surface area contributed by atoms with Crippen LogP contribution in [0.5, 0.6) is 0 Å². The molecule has 0 aliphatic heterocycles. The SMILES string of the molecule is CCN(CC)c1ccc(Nc2cnnc(Nc3cccc(C)c3C)n2)cc1. The number of aryl methyl sites for hydroxylation is 1. The van der Waals surface area contributed by atoms with Gasteiger partial charge in [0.15, 0.2) is 5.82 Å². The lowest BCUT2D eigenvalue weighted by atomic mass is 10.1. The van der Waals surface area contributed by atoms with Gasteiger partial charge in [-0.25, -0.2) is 0 Å². The molecule has 0 unspecified atom stereocenters. The Morgan fingerprint density at radius 3 is 2.37 bits per heavy atom. The first-order chi connectivity index (χ1) is 13.1. The highest BCUT2D eigenvalue weighted by atomic mass is 15.3. The quantitative estimate of drug-likeness (QED) is 0.628. The third kappa shape index (κ3) is 4.53. The molecule has 1 heterocycles. The van der Waals surface area contributed by atoms with Crippen molar-refractivity contribution in [2.24, 2.45) is 0 Å². The van der Waals surface area contributed by atoms with Crippen molar-refractivity contribution >= 4 is 28.8 Å². The van der Waals surface area contributed by atoms with Crippen LogP contribution in [0.25, 0.3) is 0 Å². The van der Waals surface area contributed by atoms with E-state index in [-0.39, 0.29) is 0 Å². The molecule has 2 N–H and O–H groups in total. The number of aromatic nitrogens is 3. The Morgan fingerprint density at radius 2 is 1.67 bits per heavy atom. The maximum Gasteiger partial charge on any atom is 0.249 e. The van der Waals surface area contributed by atoms with Crippen molar-refractivity contribution in [3.63, 3.8) is 0 Å². The zero-order valence-corrected chi connectivity index (χ0v) is 16.3. The van der Waals surface area contributed by atoms with E-state index in [4.69, 9.17) is 0 Å². The molecular formula is C21H26N6. The fourth-order valence-electron chi connectivity index (χ4n) is 2.92. The molecule has 0 atom stereocenters. The van der Waals surface area contributed by atoms with Crippen LogP contribution in [0, 0.1) is 13.8 Å². The lowest BCUT2D eigenvalue weighted by molar-refractivity contribution is 0.866. The fraction of sp³-hybridized carbons (Fsp3) is 0.286. The van der Waals surface area contributed by atoms with Gasteiger partial charge in [-0.3, -0.25) is 0 Å². The molecule has 1 aromatic heterocycles. The molecule has 0 bridgehead atoms. The normalized spacial score (nSPS) is 10.5. The summed E-state index contributed by atoms with van der Waals surface area (Å²) in [6.07, 6.45) is 1.62. The van der Waals surface area contributed by atoms with Crippen molar-refractivity contribution in [1.29, 1.82) is 0 Å². The van der Waals surface area contributed by atoms with Crippen LogP contribution in [0.2, 0.25) is 0 Å². The van der Waals surface area contributed by atoms with Crippen LogP contribution in [0.1, 0.15) is 25.0 Å². The molecule has 140 valence electrons. The molecule has 0 aliphatic rings. The summed E-state index contributed by atoms with van der Waals surface area (Å²) in [6.45, 7) is 10.5.